The number of hydrogen-bond acceptors (Lipinski definition) is 3. The predicted octanol–water partition coefficient (Wildman–Crippen LogP) is 3.57. The van der Waals surface area contributed by atoms with Crippen LogP contribution in [-0.4, -0.2) is 18.3 Å². The molecule has 0 bridgehead atoms. The first-order chi connectivity index (χ1) is 9.19. The highest BCUT2D eigenvalue weighted by molar-refractivity contribution is 6.33. The standard InChI is InChI=1S/C15H19ClN2O/c16-13-5-4-12(9-17)8-14(13)18-10-15(11-19)6-2-1-3-7-15/h4-5,8,18-19H,1-3,6-7,10-11H2. The molecule has 0 spiro atoms. The van der Waals surface area contributed by atoms with E-state index in [1.807, 2.05) is 0 Å². The van der Waals surface area contributed by atoms with Gasteiger partial charge < -0.3 is 10.4 Å². The van der Waals surface area contributed by atoms with Crippen molar-refractivity contribution in [1.29, 1.82) is 5.26 Å². The van der Waals surface area contributed by atoms with Gasteiger partial charge in [0, 0.05) is 12.0 Å². The first-order valence-corrected chi connectivity index (χ1v) is 7.11. The summed E-state index contributed by atoms with van der Waals surface area (Å²) in [6.07, 6.45) is 5.70. The van der Waals surface area contributed by atoms with Gasteiger partial charge in [0.15, 0.2) is 0 Å². The van der Waals surface area contributed by atoms with Crippen molar-refractivity contribution in [2.45, 2.75) is 32.1 Å². The first-order valence-electron chi connectivity index (χ1n) is 6.73. The number of nitrogens with zero attached hydrogens (tertiary/aromatic N) is 1. The van der Waals surface area contributed by atoms with Gasteiger partial charge in [-0.3, -0.25) is 0 Å². The smallest absolute Gasteiger partial charge is 0.0992 e. The third-order valence-electron chi connectivity index (χ3n) is 4.00. The second-order valence-electron chi connectivity index (χ2n) is 5.38. The lowest BCUT2D eigenvalue weighted by molar-refractivity contribution is 0.0944. The van der Waals surface area contributed by atoms with Crippen molar-refractivity contribution >= 4 is 17.3 Å². The molecule has 1 aliphatic rings. The van der Waals surface area contributed by atoms with Gasteiger partial charge in [0.1, 0.15) is 0 Å². The third-order valence-corrected chi connectivity index (χ3v) is 4.33. The van der Waals surface area contributed by atoms with Gasteiger partial charge in [0.2, 0.25) is 0 Å². The van der Waals surface area contributed by atoms with Crippen molar-refractivity contribution in [1.82, 2.24) is 0 Å². The van der Waals surface area contributed by atoms with Crippen LogP contribution in [-0.2, 0) is 0 Å². The molecule has 1 saturated carbocycles. The Balaban J connectivity index is 2.07. The lowest BCUT2D eigenvalue weighted by Crippen LogP contribution is -2.35. The van der Waals surface area contributed by atoms with Crippen LogP contribution in [0.2, 0.25) is 5.02 Å². The Morgan fingerprint density at radius 2 is 2.05 bits per heavy atom. The molecule has 19 heavy (non-hydrogen) atoms. The number of hydrogen-bond donors (Lipinski definition) is 2. The van der Waals surface area contributed by atoms with Gasteiger partial charge in [-0.05, 0) is 31.0 Å². The number of halogens is 1. The van der Waals surface area contributed by atoms with E-state index in [0.717, 1.165) is 18.5 Å². The van der Waals surface area contributed by atoms with Crippen LogP contribution in [0, 0.1) is 16.7 Å². The molecule has 2 N–H and O–H groups in total. The Morgan fingerprint density at radius 3 is 2.68 bits per heavy atom. The van der Waals surface area contributed by atoms with E-state index in [4.69, 9.17) is 16.9 Å². The molecule has 1 aliphatic carbocycles. The average Bonchev–Trinajstić information content (AvgIpc) is 2.47. The molecule has 2 rings (SSSR count). The summed E-state index contributed by atoms with van der Waals surface area (Å²) in [6.45, 7) is 0.910. The van der Waals surface area contributed by atoms with E-state index >= 15 is 0 Å². The molecule has 0 heterocycles. The molecule has 0 saturated heterocycles. The molecule has 3 nitrogen and oxygen atoms in total. The quantitative estimate of drug-likeness (QED) is 0.885. The minimum atomic E-state index is -0.0375. The van der Waals surface area contributed by atoms with E-state index < -0.39 is 0 Å². The molecule has 0 radical (unpaired) electrons. The monoisotopic (exact) mass is 278 g/mol. The molecule has 0 unspecified atom stereocenters. The summed E-state index contributed by atoms with van der Waals surface area (Å²) in [4.78, 5) is 0. The van der Waals surface area contributed by atoms with Crippen LogP contribution in [0.5, 0.6) is 0 Å². The maximum Gasteiger partial charge on any atom is 0.0992 e. The highest BCUT2D eigenvalue weighted by atomic mass is 35.5. The second kappa shape index (κ2) is 6.27. The van der Waals surface area contributed by atoms with Gasteiger partial charge in [-0.25, -0.2) is 0 Å². The van der Waals surface area contributed by atoms with Crippen LogP contribution in [0.25, 0.3) is 0 Å². The Kier molecular flexibility index (Phi) is 4.68. The van der Waals surface area contributed by atoms with Gasteiger partial charge in [-0.15, -0.1) is 0 Å². The second-order valence-corrected chi connectivity index (χ2v) is 5.79. The molecule has 1 fully saturated rings. The van der Waals surface area contributed by atoms with E-state index in [-0.39, 0.29) is 12.0 Å². The molecule has 0 aromatic heterocycles. The lowest BCUT2D eigenvalue weighted by Gasteiger charge is -2.36. The fourth-order valence-corrected chi connectivity index (χ4v) is 2.89. The summed E-state index contributed by atoms with van der Waals surface area (Å²) >= 11 is 6.13. The van der Waals surface area contributed by atoms with Crippen molar-refractivity contribution in [2.24, 2.45) is 5.41 Å². The number of nitriles is 1. The zero-order valence-electron chi connectivity index (χ0n) is 11.0. The van der Waals surface area contributed by atoms with Gasteiger partial charge in [0.05, 0.1) is 28.9 Å². The summed E-state index contributed by atoms with van der Waals surface area (Å²) in [5, 5.41) is 22.5. The van der Waals surface area contributed by atoms with Gasteiger partial charge in [-0.2, -0.15) is 5.26 Å². The lowest BCUT2D eigenvalue weighted by atomic mass is 9.74. The molecule has 4 heteroatoms. The summed E-state index contributed by atoms with van der Waals surface area (Å²) in [5.74, 6) is 0. The Bertz CT molecular complexity index is 476. The normalized spacial score (nSPS) is 17.7. The summed E-state index contributed by atoms with van der Waals surface area (Å²) in [5.41, 5.74) is 1.33. The Hall–Kier alpha value is -1.24. The summed E-state index contributed by atoms with van der Waals surface area (Å²) < 4.78 is 0. The van der Waals surface area contributed by atoms with Crippen molar-refractivity contribution in [3.05, 3.63) is 28.8 Å². The van der Waals surface area contributed by atoms with Crippen LogP contribution in [0.3, 0.4) is 0 Å². The van der Waals surface area contributed by atoms with Crippen LogP contribution in [0.15, 0.2) is 18.2 Å². The van der Waals surface area contributed by atoms with Gasteiger partial charge in [-0.1, -0.05) is 30.9 Å². The average molecular weight is 279 g/mol. The molecule has 0 aliphatic heterocycles. The zero-order chi connectivity index (χ0) is 13.7. The number of anilines is 1. The van der Waals surface area contributed by atoms with Crippen LogP contribution in [0.1, 0.15) is 37.7 Å². The van der Waals surface area contributed by atoms with Crippen LogP contribution < -0.4 is 5.32 Å². The number of rotatable bonds is 4. The SMILES string of the molecule is N#Cc1ccc(Cl)c(NCC2(CO)CCCCC2)c1. The number of aliphatic hydroxyl groups is 1. The highest BCUT2D eigenvalue weighted by Gasteiger charge is 2.31. The first kappa shape index (κ1) is 14.2. The van der Waals surface area contributed by atoms with Gasteiger partial charge in [0.25, 0.3) is 0 Å². The van der Waals surface area contributed by atoms with Crippen molar-refractivity contribution < 1.29 is 5.11 Å². The molecule has 1 aromatic rings. The minimum Gasteiger partial charge on any atom is -0.396 e. The van der Waals surface area contributed by atoms with Crippen molar-refractivity contribution in [3.8, 4) is 6.07 Å². The van der Waals surface area contributed by atoms with Crippen molar-refractivity contribution in [3.63, 3.8) is 0 Å². The Morgan fingerprint density at radius 1 is 1.32 bits per heavy atom. The topological polar surface area (TPSA) is 56.0 Å². The number of aliphatic hydroxyl groups excluding tert-OH is 1. The van der Waals surface area contributed by atoms with E-state index in [1.165, 1.54) is 19.3 Å². The van der Waals surface area contributed by atoms with Gasteiger partial charge >= 0.3 is 0 Å². The molecule has 0 atom stereocenters. The largest absolute Gasteiger partial charge is 0.396 e. The third kappa shape index (κ3) is 3.40. The Labute approximate surface area is 119 Å². The molecule has 102 valence electrons. The highest BCUT2D eigenvalue weighted by Crippen LogP contribution is 2.36. The molecular weight excluding hydrogens is 260 g/mol. The fourth-order valence-electron chi connectivity index (χ4n) is 2.71. The zero-order valence-corrected chi connectivity index (χ0v) is 11.7. The molecular formula is C15H19ClN2O. The minimum absolute atomic E-state index is 0.0375. The van der Waals surface area contributed by atoms with Crippen LogP contribution >= 0.6 is 11.6 Å². The predicted molar refractivity (Wildman–Crippen MR) is 77.3 cm³/mol. The number of nitrogens with one attached hydrogen (secondary N) is 1. The maximum atomic E-state index is 9.66. The van der Waals surface area contributed by atoms with Crippen molar-refractivity contribution in [2.75, 3.05) is 18.5 Å². The fraction of sp³-hybridized carbons (Fsp3) is 0.533. The van der Waals surface area contributed by atoms with Crippen LogP contribution in [0.4, 0.5) is 5.69 Å². The van der Waals surface area contributed by atoms with E-state index in [9.17, 15) is 5.11 Å². The van der Waals surface area contributed by atoms with E-state index in [0.29, 0.717) is 17.1 Å². The molecule has 0 amide bonds. The summed E-state index contributed by atoms with van der Waals surface area (Å²) in [6, 6.07) is 7.30. The maximum absolute atomic E-state index is 9.66. The summed E-state index contributed by atoms with van der Waals surface area (Å²) in [7, 11) is 0. The van der Waals surface area contributed by atoms with E-state index in [2.05, 4.69) is 11.4 Å². The molecule has 1 aromatic carbocycles. The number of benzene rings is 1. The van der Waals surface area contributed by atoms with E-state index in [1.54, 1.807) is 18.2 Å².